The second-order valence-corrected chi connectivity index (χ2v) is 21.7. The number of hydrogen-bond donors (Lipinski definition) is 0. The normalized spacial score (nSPS) is 12.4. The van der Waals surface area contributed by atoms with E-state index in [1.54, 1.807) is 0 Å². The summed E-state index contributed by atoms with van der Waals surface area (Å²) < 4.78 is 16.9. The fourth-order valence-electron chi connectivity index (χ4n) is 9.47. The second kappa shape index (κ2) is 62.6. The van der Waals surface area contributed by atoms with Crippen molar-refractivity contribution >= 4 is 17.9 Å². The molecule has 0 rings (SSSR count). The molecule has 430 valence electrons. The molecular weight excluding hydrogens is 913 g/mol. The Balaban J connectivity index is 4.19. The number of ether oxygens (including phenoxy) is 3. The van der Waals surface area contributed by atoms with Gasteiger partial charge in [-0.3, -0.25) is 14.4 Å². The standard InChI is InChI=1S/C68H122O6/c1-4-7-10-13-16-19-21-23-25-27-29-31-32-33-34-35-37-38-40-42-44-46-49-52-55-58-61-67(70)73-64-65(63-72-66(69)60-57-54-51-48-18-15-12-9-6-3)74-68(71)62-59-56-53-50-47-45-43-41-39-36-30-28-26-24-22-20-17-14-11-8-5-2/h8,11,17,20,24,26,30,36,41,43,65H,4-7,9-10,12-16,18-19,21-23,25,27-29,31-35,37-40,42,44-64H2,1-3H3/b11-8-,20-17-,26-24-,36-30-,43-41-. The zero-order valence-corrected chi connectivity index (χ0v) is 49.4. The Hall–Kier alpha value is -2.89. The van der Waals surface area contributed by atoms with E-state index in [1.807, 2.05) is 0 Å². The van der Waals surface area contributed by atoms with Crippen molar-refractivity contribution < 1.29 is 28.6 Å². The molecule has 74 heavy (non-hydrogen) atoms. The summed E-state index contributed by atoms with van der Waals surface area (Å²) in [6.07, 6.45) is 79.6. The summed E-state index contributed by atoms with van der Waals surface area (Å²) in [6.45, 7) is 6.54. The van der Waals surface area contributed by atoms with Gasteiger partial charge in [0.1, 0.15) is 13.2 Å². The highest BCUT2D eigenvalue weighted by atomic mass is 16.6. The van der Waals surface area contributed by atoms with Crippen LogP contribution in [0.3, 0.4) is 0 Å². The quantitative estimate of drug-likeness (QED) is 0.0261. The summed E-state index contributed by atoms with van der Waals surface area (Å²) in [7, 11) is 0. The molecule has 0 spiro atoms. The highest BCUT2D eigenvalue weighted by molar-refractivity contribution is 5.71. The summed E-state index contributed by atoms with van der Waals surface area (Å²) in [5.74, 6) is -0.883. The van der Waals surface area contributed by atoms with Crippen molar-refractivity contribution in [3.8, 4) is 0 Å². The maximum Gasteiger partial charge on any atom is 0.306 e. The van der Waals surface area contributed by atoms with Gasteiger partial charge in [0.2, 0.25) is 0 Å². The first kappa shape index (κ1) is 71.1. The molecule has 0 amide bonds. The highest BCUT2D eigenvalue weighted by Gasteiger charge is 2.19. The Labute approximate surface area is 460 Å². The van der Waals surface area contributed by atoms with Gasteiger partial charge in [0.15, 0.2) is 6.10 Å². The molecule has 0 saturated heterocycles. The number of carbonyl (C=O) groups is 3. The maximum absolute atomic E-state index is 12.9. The minimum absolute atomic E-state index is 0.0782. The lowest BCUT2D eigenvalue weighted by atomic mass is 10.0. The van der Waals surface area contributed by atoms with E-state index in [0.29, 0.717) is 19.3 Å². The van der Waals surface area contributed by atoms with E-state index in [2.05, 4.69) is 81.5 Å². The van der Waals surface area contributed by atoms with Crippen LogP contribution in [0.4, 0.5) is 0 Å². The van der Waals surface area contributed by atoms with Crippen LogP contribution in [0.15, 0.2) is 60.8 Å². The first-order valence-corrected chi connectivity index (χ1v) is 32.3. The van der Waals surface area contributed by atoms with E-state index in [-0.39, 0.29) is 31.1 Å². The lowest BCUT2D eigenvalue weighted by molar-refractivity contribution is -0.167. The van der Waals surface area contributed by atoms with Crippen molar-refractivity contribution in [1.82, 2.24) is 0 Å². The van der Waals surface area contributed by atoms with Gasteiger partial charge in [-0.1, -0.05) is 313 Å². The van der Waals surface area contributed by atoms with Crippen molar-refractivity contribution in [1.29, 1.82) is 0 Å². The first-order chi connectivity index (χ1) is 36.5. The average molecular weight is 1040 g/mol. The maximum atomic E-state index is 12.9. The van der Waals surface area contributed by atoms with E-state index < -0.39 is 6.10 Å². The van der Waals surface area contributed by atoms with Gasteiger partial charge < -0.3 is 14.2 Å². The molecule has 0 aromatic carbocycles. The largest absolute Gasteiger partial charge is 0.462 e. The van der Waals surface area contributed by atoms with E-state index in [1.165, 1.54) is 186 Å². The van der Waals surface area contributed by atoms with Gasteiger partial charge in [0, 0.05) is 19.3 Å². The predicted octanol–water partition coefficient (Wildman–Crippen LogP) is 21.9. The number of hydrogen-bond acceptors (Lipinski definition) is 6. The summed E-state index contributed by atoms with van der Waals surface area (Å²) in [6, 6.07) is 0. The van der Waals surface area contributed by atoms with Crippen LogP contribution in [-0.4, -0.2) is 37.2 Å². The molecule has 0 radical (unpaired) electrons. The summed E-state index contributed by atoms with van der Waals surface area (Å²) in [5.41, 5.74) is 0. The number of carbonyl (C=O) groups excluding carboxylic acids is 3. The lowest BCUT2D eigenvalue weighted by Gasteiger charge is -2.18. The van der Waals surface area contributed by atoms with Crippen LogP contribution in [0.25, 0.3) is 0 Å². The topological polar surface area (TPSA) is 78.9 Å². The Morgan fingerprint density at radius 3 is 0.824 bits per heavy atom. The minimum Gasteiger partial charge on any atom is -0.462 e. The van der Waals surface area contributed by atoms with Crippen LogP contribution in [0.2, 0.25) is 0 Å². The summed E-state index contributed by atoms with van der Waals surface area (Å²) in [4.78, 5) is 38.2. The third kappa shape index (κ3) is 60.0. The number of allylic oxidation sites excluding steroid dienone is 10. The molecule has 6 heteroatoms. The Morgan fingerprint density at radius 2 is 0.527 bits per heavy atom. The Morgan fingerprint density at radius 1 is 0.284 bits per heavy atom. The van der Waals surface area contributed by atoms with Crippen molar-refractivity contribution in [2.75, 3.05) is 13.2 Å². The van der Waals surface area contributed by atoms with Gasteiger partial charge in [-0.25, -0.2) is 0 Å². The van der Waals surface area contributed by atoms with E-state index in [9.17, 15) is 14.4 Å². The van der Waals surface area contributed by atoms with Crippen molar-refractivity contribution in [2.45, 2.75) is 341 Å². The van der Waals surface area contributed by atoms with E-state index >= 15 is 0 Å². The molecule has 0 aromatic rings. The molecule has 0 N–H and O–H groups in total. The zero-order valence-electron chi connectivity index (χ0n) is 49.4. The van der Waals surface area contributed by atoms with Crippen molar-refractivity contribution in [2.24, 2.45) is 0 Å². The van der Waals surface area contributed by atoms with Gasteiger partial charge in [0.05, 0.1) is 0 Å². The average Bonchev–Trinajstić information content (AvgIpc) is 3.40. The molecule has 0 fully saturated rings. The molecule has 0 aliphatic rings. The summed E-state index contributed by atoms with van der Waals surface area (Å²) in [5, 5.41) is 0. The van der Waals surface area contributed by atoms with Crippen LogP contribution in [0.5, 0.6) is 0 Å². The van der Waals surface area contributed by atoms with E-state index in [0.717, 1.165) is 109 Å². The van der Waals surface area contributed by atoms with Crippen molar-refractivity contribution in [3.05, 3.63) is 60.8 Å². The molecule has 1 unspecified atom stereocenters. The SMILES string of the molecule is CC/C=C\C/C=C\C/C=C\C/C=C\C/C=C\CCCCCCCC(=O)OC(COC(=O)CCCCCCCCCCC)COC(=O)CCCCCCCCCCCCCCCCCCCCCCCCCCCC. The second-order valence-electron chi connectivity index (χ2n) is 21.7. The molecule has 0 saturated carbocycles. The molecule has 6 nitrogen and oxygen atoms in total. The van der Waals surface area contributed by atoms with Gasteiger partial charge in [-0.15, -0.1) is 0 Å². The fourth-order valence-corrected chi connectivity index (χ4v) is 9.47. The van der Waals surface area contributed by atoms with Crippen LogP contribution in [0, 0.1) is 0 Å². The lowest BCUT2D eigenvalue weighted by Crippen LogP contribution is -2.30. The number of unbranched alkanes of at least 4 members (excludes halogenated alkanes) is 38. The molecule has 0 heterocycles. The van der Waals surface area contributed by atoms with Crippen LogP contribution < -0.4 is 0 Å². The Kier molecular flexibility index (Phi) is 60.2. The smallest absolute Gasteiger partial charge is 0.306 e. The zero-order chi connectivity index (χ0) is 53.6. The molecule has 1 atom stereocenters. The van der Waals surface area contributed by atoms with Gasteiger partial charge in [0.25, 0.3) is 0 Å². The fraction of sp³-hybridized carbons (Fsp3) is 0.809. The minimum atomic E-state index is -0.782. The number of rotatable bonds is 59. The Bertz CT molecular complexity index is 1330. The molecule has 0 aliphatic heterocycles. The van der Waals surface area contributed by atoms with Gasteiger partial charge >= 0.3 is 17.9 Å². The van der Waals surface area contributed by atoms with Crippen LogP contribution in [0.1, 0.15) is 335 Å². The van der Waals surface area contributed by atoms with Gasteiger partial charge in [-0.05, 0) is 64.2 Å². The van der Waals surface area contributed by atoms with Crippen LogP contribution in [-0.2, 0) is 28.6 Å². The summed E-state index contributed by atoms with van der Waals surface area (Å²) >= 11 is 0. The van der Waals surface area contributed by atoms with E-state index in [4.69, 9.17) is 14.2 Å². The molecule has 0 bridgehead atoms. The number of esters is 3. The first-order valence-electron chi connectivity index (χ1n) is 32.3. The van der Waals surface area contributed by atoms with Crippen molar-refractivity contribution in [3.63, 3.8) is 0 Å². The van der Waals surface area contributed by atoms with Gasteiger partial charge in [-0.2, -0.15) is 0 Å². The van der Waals surface area contributed by atoms with Crippen LogP contribution >= 0.6 is 0 Å². The molecule has 0 aliphatic carbocycles. The molecule has 0 aromatic heterocycles. The monoisotopic (exact) mass is 1030 g/mol. The predicted molar refractivity (Wildman–Crippen MR) is 321 cm³/mol. The third-order valence-corrected chi connectivity index (χ3v) is 14.3. The molecular formula is C68H122O6. The third-order valence-electron chi connectivity index (χ3n) is 14.3. The highest BCUT2D eigenvalue weighted by Crippen LogP contribution is 2.18.